The molecule has 0 aliphatic carbocycles. The fourth-order valence-corrected chi connectivity index (χ4v) is 2.93. The first kappa shape index (κ1) is 17.7. The number of aromatic nitrogens is 1. The molecule has 134 valence electrons. The van der Waals surface area contributed by atoms with Crippen molar-refractivity contribution in [3.8, 4) is 11.5 Å². The Labute approximate surface area is 153 Å². The number of hydrogen-bond acceptors (Lipinski definition) is 4. The highest BCUT2D eigenvalue weighted by Gasteiger charge is 2.10. The van der Waals surface area contributed by atoms with E-state index < -0.39 is 0 Å². The van der Waals surface area contributed by atoms with Gasteiger partial charge in [0.25, 0.3) is 0 Å². The summed E-state index contributed by atoms with van der Waals surface area (Å²) in [6, 6.07) is 13.4. The van der Waals surface area contributed by atoms with E-state index in [0.29, 0.717) is 24.3 Å². The van der Waals surface area contributed by atoms with Gasteiger partial charge in [0, 0.05) is 18.0 Å². The zero-order chi connectivity index (χ0) is 18.5. The van der Waals surface area contributed by atoms with Gasteiger partial charge in [-0.2, -0.15) is 0 Å². The molecule has 0 aliphatic rings. The van der Waals surface area contributed by atoms with E-state index in [-0.39, 0.29) is 5.91 Å². The number of anilines is 1. The molecule has 0 aliphatic heterocycles. The van der Waals surface area contributed by atoms with Gasteiger partial charge in [-0.1, -0.05) is 12.1 Å². The number of hydrogen-bond donors (Lipinski definition) is 1. The van der Waals surface area contributed by atoms with Crippen LogP contribution >= 0.6 is 0 Å². The molecule has 0 bridgehead atoms. The summed E-state index contributed by atoms with van der Waals surface area (Å²) in [5.74, 6) is 1.31. The molecule has 0 atom stereocenters. The van der Waals surface area contributed by atoms with Crippen molar-refractivity contribution in [2.45, 2.75) is 19.8 Å². The van der Waals surface area contributed by atoms with Crippen LogP contribution in [0.4, 0.5) is 5.69 Å². The van der Waals surface area contributed by atoms with Crippen molar-refractivity contribution < 1.29 is 14.3 Å². The number of rotatable bonds is 6. The number of methoxy groups -OCH3 is 2. The summed E-state index contributed by atoms with van der Waals surface area (Å²) in [6.45, 7) is 2.01. The predicted octanol–water partition coefficient (Wildman–Crippen LogP) is 4.13. The lowest BCUT2D eigenvalue weighted by Gasteiger charge is -2.11. The van der Waals surface area contributed by atoms with Crippen LogP contribution in [0, 0.1) is 6.92 Å². The summed E-state index contributed by atoms with van der Waals surface area (Å²) in [5, 5.41) is 3.95. The number of carbonyl (C=O) groups excluding carboxylic acids is 1. The average molecular weight is 350 g/mol. The Hall–Kier alpha value is -3.08. The second-order valence-corrected chi connectivity index (χ2v) is 6.07. The molecule has 2 aromatic carbocycles. The van der Waals surface area contributed by atoms with Crippen LogP contribution in [0.5, 0.6) is 11.5 Å². The number of fused-ring (bicyclic) bond motifs is 1. The first-order chi connectivity index (χ1) is 12.6. The molecule has 3 aromatic rings. The summed E-state index contributed by atoms with van der Waals surface area (Å²) < 4.78 is 10.5. The Balaban J connectivity index is 1.70. The maximum absolute atomic E-state index is 12.4. The Bertz CT molecular complexity index is 938. The van der Waals surface area contributed by atoms with Gasteiger partial charge in [-0.25, -0.2) is 0 Å². The molecule has 1 heterocycles. The molecule has 1 amide bonds. The molecule has 0 fully saturated rings. The third-order valence-electron chi connectivity index (χ3n) is 4.33. The van der Waals surface area contributed by atoms with E-state index >= 15 is 0 Å². The van der Waals surface area contributed by atoms with Crippen LogP contribution in [0.25, 0.3) is 10.9 Å². The van der Waals surface area contributed by atoms with Gasteiger partial charge in [-0.3, -0.25) is 9.78 Å². The lowest BCUT2D eigenvalue weighted by molar-refractivity contribution is -0.116. The van der Waals surface area contributed by atoms with Gasteiger partial charge in [-0.05, 0) is 54.8 Å². The molecule has 0 saturated carbocycles. The van der Waals surface area contributed by atoms with Gasteiger partial charge in [0.15, 0.2) is 11.5 Å². The van der Waals surface area contributed by atoms with Crippen LogP contribution in [0.1, 0.15) is 17.5 Å². The SMILES string of the molecule is COc1ccc(CCC(=O)Nc2ccc(C)c3ncccc23)cc1OC. The predicted molar refractivity (Wildman–Crippen MR) is 103 cm³/mol. The van der Waals surface area contributed by atoms with E-state index in [4.69, 9.17) is 9.47 Å². The fraction of sp³-hybridized carbons (Fsp3) is 0.238. The minimum Gasteiger partial charge on any atom is -0.493 e. The highest BCUT2D eigenvalue weighted by molar-refractivity contribution is 6.01. The molecule has 0 saturated heterocycles. The van der Waals surface area contributed by atoms with Crippen molar-refractivity contribution >= 4 is 22.5 Å². The smallest absolute Gasteiger partial charge is 0.224 e. The van der Waals surface area contributed by atoms with Gasteiger partial charge in [0.2, 0.25) is 5.91 Å². The molecule has 0 unspecified atom stereocenters. The number of benzene rings is 2. The molecule has 0 radical (unpaired) electrons. The van der Waals surface area contributed by atoms with Crippen LogP contribution in [0.15, 0.2) is 48.7 Å². The third kappa shape index (κ3) is 3.77. The van der Waals surface area contributed by atoms with Crippen molar-refractivity contribution in [1.29, 1.82) is 0 Å². The number of aryl methyl sites for hydroxylation is 2. The molecule has 0 spiro atoms. The number of nitrogens with zero attached hydrogens (tertiary/aromatic N) is 1. The van der Waals surface area contributed by atoms with E-state index in [9.17, 15) is 4.79 Å². The molecule has 1 aromatic heterocycles. The molecule has 5 heteroatoms. The average Bonchev–Trinajstić information content (AvgIpc) is 2.68. The quantitative estimate of drug-likeness (QED) is 0.726. The molecular formula is C21H22N2O3. The fourth-order valence-electron chi connectivity index (χ4n) is 2.93. The van der Waals surface area contributed by atoms with Crippen molar-refractivity contribution in [3.05, 3.63) is 59.8 Å². The first-order valence-corrected chi connectivity index (χ1v) is 8.47. The second-order valence-electron chi connectivity index (χ2n) is 6.07. The molecule has 3 rings (SSSR count). The lowest BCUT2D eigenvalue weighted by Crippen LogP contribution is -2.13. The van der Waals surface area contributed by atoms with Gasteiger partial charge in [0.05, 0.1) is 25.4 Å². The number of nitrogens with one attached hydrogen (secondary N) is 1. The van der Waals surface area contributed by atoms with Crippen LogP contribution in [-0.4, -0.2) is 25.1 Å². The molecule has 1 N–H and O–H groups in total. The number of ether oxygens (including phenoxy) is 2. The summed E-state index contributed by atoms with van der Waals surface area (Å²) in [7, 11) is 3.20. The summed E-state index contributed by atoms with van der Waals surface area (Å²) in [5.41, 5.74) is 3.80. The topological polar surface area (TPSA) is 60.5 Å². The van der Waals surface area contributed by atoms with Crippen molar-refractivity contribution in [2.24, 2.45) is 0 Å². The van der Waals surface area contributed by atoms with E-state index in [2.05, 4.69) is 10.3 Å². The zero-order valence-corrected chi connectivity index (χ0v) is 15.2. The Morgan fingerprint density at radius 1 is 1.08 bits per heavy atom. The normalized spacial score (nSPS) is 10.6. The summed E-state index contributed by atoms with van der Waals surface area (Å²) in [4.78, 5) is 16.8. The van der Waals surface area contributed by atoms with Crippen LogP contribution in [0.2, 0.25) is 0 Å². The maximum Gasteiger partial charge on any atom is 0.224 e. The highest BCUT2D eigenvalue weighted by Crippen LogP contribution is 2.28. The second kappa shape index (κ2) is 7.87. The maximum atomic E-state index is 12.4. The summed E-state index contributed by atoms with van der Waals surface area (Å²) in [6.07, 6.45) is 2.76. The molecule has 26 heavy (non-hydrogen) atoms. The largest absolute Gasteiger partial charge is 0.493 e. The van der Waals surface area contributed by atoms with E-state index in [1.54, 1.807) is 20.4 Å². The zero-order valence-electron chi connectivity index (χ0n) is 15.2. The van der Waals surface area contributed by atoms with E-state index in [0.717, 1.165) is 27.7 Å². The molecule has 5 nitrogen and oxygen atoms in total. The third-order valence-corrected chi connectivity index (χ3v) is 4.33. The first-order valence-electron chi connectivity index (χ1n) is 8.47. The minimum absolute atomic E-state index is 0.0335. The Kier molecular flexibility index (Phi) is 5.37. The lowest BCUT2D eigenvalue weighted by atomic mass is 10.1. The van der Waals surface area contributed by atoms with E-state index in [1.165, 1.54) is 0 Å². The van der Waals surface area contributed by atoms with Crippen molar-refractivity contribution in [3.63, 3.8) is 0 Å². The number of carbonyl (C=O) groups is 1. The Morgan fingerprint density at radius 2 is 1.88 bits per heavy atom. The van der Waals surface area contributed by atoms with Crippen LogP contribution < -0.4 is 14.8 Å². The monoisotopic (exact) mass is 350 g/mol. The van der Waals surface area contributed by atoms with Gasteiger partial charge in [-0.15, -0.1) is 0 Å². The molecular weight excluding hydrogens is 328 g/mol. The van der Waals surface area contributed by atoms with Gasteiger partial charge >= 0.3 is 0 Å². The minimum atomic E-state index is -0.0335. The Morgan fingerprint density at radius 3 is 2.65 bits per heavy atom. The van der Waals surface area contributed by atoms with Gasteiger partial charge in [0.1, 0.15) is 0 Å². The van der Waals surface area contributed by atoms with Crippen LogP contribution in [0.3, 0.4) is 0 Å². The van der Waals surface area contributed by atoms with Crippen molar-refractivity contribution in [2.75, 3.05) is 19.5 Å². The number of pyridine rings is 1. The highest BCUT2D eigenvalue weighted by atomic mass is 16.5. The van der Waals surface area contributed by atoms with E-state index in [1.807, 2.05) is 49.4 Å². The van der Waals surface area contributed by atoms with Crippen LogP contribution in [-0.2, 0) is 11.2 Å². The van der Waals surface area contributed by atoms with Gasteiger partial charge < -0.3 is 14.8 Å². The standard InChI is InChI=1S/C21H22N2O3/c1-14-6-9-17(16-5-4-12-22-21(14)16)23-20(24)11-8-15-7-10-18(25-2)19(13-15)26-3/h4-7,9-10,12-13H,8,11H2,1-3H3,(H,23,24). The summed E-state index contributed by atoms with van der Waals surface area (Å²) >= 11 is 0. The van der Waals surface area contributed by atoms with Crippen molar-refractivity contribution in [1.82, 2.24) is 4.98 Å². The number of amides is 1.